The number of furan rings is 1. The van der Waals surface area contributed by atoms with E-state index in [4.69, 9.17) is 4.42 Å². The quantitative estimate of drug-likeness (QED) is 0.715. The Kier molecular flexibility index (Phi) is 3.14. The Balaban J connectivity index is 2.01. The van der Waals surface area contributed by atoms with Crippen LogP contribution >= 0.6 is 0 Å². The predicted molar refractivity (Wildman–Crippen MR) is 75.0 cm³/mol. The third-order valence-corrected chi connectivity index (χ3v) is 3.16. The third-order valence-electron chi connectivity index (χ3n) is 3.16. The molecule has 0 aliphatic rings. The van der Waals surface area contributed by atoms with Crippen LogP contribution in [0, 0.1) is 0 Å². The van der Waals surface area contributed by atoms with Gasteiger partial charge in [-0.15, -0.1) is 0 Å². The highest BCUT2D eigenvalue weighted by molar-refractivity contribution is 5.89. The van der Waals surface area contributed by atoms with Crippen LogP contribution < -0.4 is 4.90 Å². The molecule has 0 saturated carbocycles. The lowest BCUT2D eigenvalue weighted by molar-refractivity contribution is 0.563. The van der Waals surface area contributed by atoms with E-state index >= 15 is 0 Å². The van der Waals surface area contributed by atoms with E-state index < -0.39 is 0 Å². The van der Waals surface area contributed by atoms with E-state index in [9.17, 15) is 0 Å². The molecule has 0 unspecified atom stereocenters. The van der Waals surface area contributed by atoms with Crippen molar-refractivity contribution in [3.05, 3.63) is 54.7 Å². The lowest BCUT2D eigenvalue weighted by Crippen LogP contribution is -2.23. The van der Waals surface area contributed by atoms with Crippen LogP contribution in [-0.4, -0.2) is 16.5 Å². The molecule has 0 radical (unpaired) electrons. The Labute approximate surface area is 111 Å². The average Bonchev–Trinajstić information content (AvgIpc) is 2.97. The first-order valence-electron chi connectivity index (χ1n) is 6.34. The molecule has 0 N–H and O–H groups in total. The number of rotatable bonds is 4. The Morgan fingerprint density at radius 2 is 2.05 bits per heavy atom. The van der Waals surface area contributed by atoms with Crippen LogP contribution in [0.15, 0.2) is 53.6 Å². The van der Waals surface area contributed by atoms with Crippen molar-refractivity contribution in [2.75, 3.05) is 11.4 Å². The molecular formula is C15H15N3O. The average molecular weight is 253 g/mol. The van der Waals surface area contributed by atoms with Gasteiger partial charge in [-0.1, -0.05) is 12.1 Å². The van der Waals surface area contributed by atoms with Gasteiger partial charge in [0.05, 0.1) is 18.0 Å². The predicted octanol–water partition coefficient (Wildman–Crippen LogP) is 3.25. The van der Waals surface area contributed by atoms with Crippen molar-refractivity contribution in [3.8, 4) is 0 Å². The van der Waals surface area contributed by atoms with Gasteiger partial charge >= 0.3 is 0 Å². The fourth-order valence-corrected chi connectivity index (χ4v) is 2.18. The number of benzene rings is 1. The Hall–Kier alpha value is -2.36. The molecule has 1 aromatic carbocycles. The fourth-order valence-electron chi connectivity index (χ4n) is 2.18. The number of nitrogens with zero attached hydrogens (tertiary/aromatic N) is 3. The zero-order chi connectivity index (χ0) is 13.1. The summed E-state index contributed by atoms with van der Waals surface area (Å²) in [7, 11) is 0. The van der Waals surface area contributed by atoms with Crippen molar-refractivity contribution in [3.63, 3.8) is 0 Å². The summed E-state index contributed by atoms with van der Waals surface area (Å²) in [4.78, 5) is 11.0. The summed E-state index contributed by atoms with van der Waals surface area (Å²) < 4.78 is 5.12. The zero-order valence-electron chi connectivity index (χ0n) is 10.8. The largest absolute Gasteiger partial charge is 0.472 e. The molecule has 4 nitrogen and oxygen atoms in total. The second kappa shape index (κ2) is 5.10. The number of anilines is 1. The van der Waals surface area contributed by atoms with Crippen molar-refractivity contribution in [1.82, 2.24) is 9.97 Å². The molecule has 0 bridgehead atoms. The number of hydrogen-bond acceptors (Lipinski definition) is 4. The van der Waals surface area contributed by atoms with Crippen LogP contribution in [0.2, 0.25) is 0 Å². The second-order valence-corrected chi connectivity index (χ2v) is 4.36. The smallest absolute Gasteiger partial charge is 0.140 e. The molecule has 4 heteroatoms. The topological polar surface area (TPSA) is 42.2 Å². The summed E-state index contributed by atoms with van der Waals surface area (Å²) in [6.45, 7) is 3.79. The maximum atomic E-state index is 5.12. The second-order valence-electron chi connectivity index (χ2n) is 4.36. The van der Waals surface area contributed by atoms with Gasteiger partial charge in [0, 0.05) is 24.0 Å². The Bertz CT molecular complexity index is 659. The van der Waals surface area contributed by atoms with Gasteiger partial charge in [-0.2, -0.15) is 0 Å². The van der Waals surface area contributed by atoms with Crippen molar-refractivity contribution < 1.29 is 4.42 Å². The summed E-state index contributed by atoms with van der Waals surface area (Å²) in [5.74, 6) is 0.967. The highest BCUT2D eigenvalue weighted by Crippen LogP contribution is 2.23. The maximum absolute atomic E-state index is 5.12. The number of fused-ring (bicyclic) bond motifs is 1. The maximum Gasteiger partial charge on any atom is 0.140 e. The fraction of sp³-hybridized carbons (Fsp3) is 0.200. The lowest BCUT2D eigenvalue weighted by atomic mass is 10.2. The molecule has 0 saturated heterocycles. The number of aromatic nitrogens is 2. The van der Waals surface area contributed by atoms with Crippen LogP contribution in [0.5, 0.6) is 0 Å². The minimum atomic E-state index is 0.786. The summed E-state index contributed by atoms with van der Waals surface area (Å²) in [5.41, 5.74) is 2.11. The van der Waals surface area contributed by atoms with E-state index in [1.165, 1.54) is 0 Å². The van der Waals surface area contributed by atoms with Crippen LogP contribution in [0.3, 0.4) is 0 Å². The molecule has 0 atom stereocenters. The summed E-state index contributed by atoms with van der Waals surface area (Å²) in [6.07, 6.45) is 5.09. The Morgan fingerprint density at radius 1 is 1.16 bits per heavy atom. The summed E-state index contributed by atoms with van der Waals surface area (Å²) >= 11 is 0. The minimum Gasteiger partial charge on any atom is -0.472 e. The molecule has 2 heterocycles. The molecular weight excluding hydrogens is 238 g/mol. The minimum absolute atomic E-state index is 0.786. The summed E-state index contributed by atoms with van der Waals surface area (Å²) in [5, 5.41) is 1.08. The van der Waals surface area contributed by atoms with Crippen LogP contribution in [0.4, 0.5) is 5.82 Å². The van der Waals surface area contributed by atoms with Crippen LogP contribution in [0.25, 0.3) is 10.9 Å². The number of para-hydroxylation sites is 1. The monoisotopic (exact) mass is 253 g/mol. The lowest BCUT2D eigenvalue weighted by Gasteiger charge is -2.22. The van der Waals surface area contributed by atoms with Crippen molar-refractivity contribution in [2.24, 2.45) is 0 Å². The van der Waals surface area contributed by atoms with Gasteiger partial charge in [-0.05, 0) is 25.1 Å². The van der Waals surface area contributed by atoms with E-state index in [-0.39, 0.29) is 0 Å². The van der Waals surface area contributed by atoms with E-state index in [1.807, 2.05) is 24.3 Å². The van der Waals surface area contributed by atoms with Gasteiger partial charge in [-0.25, -0.2) is 9.97 Å². The third kappa shape index (κ3) is 2.29. The van der Waals surface area contributed by atoms with Gasteiger partial charge in [-0.3, -0.25) is 0 Å². The molecule has 0 aliphatic heterocycles. The highest BCUT2D eigenvalue weighted by Gasteiger charge is 2.11. The normalized spacial score (nSPS) is 10.8. The molecule has 0 amide bonds. The molecule has 0 spiro atoms. The molecule has 0 fully saturated rings. The van der Waals surface area contributed by atoms with E-state index in [0.29, 0.717) is 0 Å². The van der Waals surface area contributed by atoms with Crippen molar-refractivity contribution >= 4 is 16.7 Å². The SMILES string of the molecule is CCN(Cc1ccoc1)c1ncnc2ccccc12. The first-order chi connectivity index (χ1) is 9.38. The highest BCUT2D eigenvalue weighted by atomic mass is 16.3. The van der Waals surface area contributed by atoms with Crippen LogP contribution in [0.1, 0.15) is 12.5 Å². The summed E-state index contributed by atoms with van der Waals surface area (Å²) in [6, 6.07) is 10.0. The van der Waals surface area contributed by atoms with Crippen molar-refractivity contribution in [2.45, 2.75) is 13.5 Å². The first-order valence-corrected chi connectivity index (χ1v) is 6.34. The van der Waals surface area contributed by atoms with Gasteiger partial charge in [0.1, 0.15) is 12.1 Å². The van der Waals surface area contributed by atoms with Crippen LogP contribution in [-0.2, 0) is 6.54 Å². The molecule has 3 rings (SSSR count). The molecule has 2 aromatic heterocycles. The van der Waals surface area contributed by atoms with Gasteiger partial charge in [0.2, 0.25) is 0 Å². The standard InChI is InChI=1S/C15H15N3O/c1-2-18(9-12-7-8-19-10-12)15-13-5-3-4-6-14(13)16-11-17-15/h3-8,10-11H,2,9H2,1H3. The Morgan fingerprint density at radius 3 is 2.84 bits per heavy atom. The molecule has 0 aliphatic carbocycles. The van der Waals surface area contributed by atoms with E-state index in [0.717, 1.165) is 35.4 Å². The van der Waals surface area contributed by atoms with E-state index in [1.54, 1.807) is 18.9 Å². The molecule has 19 heavy (non-hydrogen) atoms. The first kappa shape index (κ1) is 11.7. The van der Waals surface area contributed by atoms with Gasteiger partial charge in [0.15, 0.2) is 0 Å². The molecule has 96 valence electrons. The van der Waals surface area contributed by atoms with Gasteiger partial charge in [0.25, 0.3) is 0 Å². The zero-order valence-corrected chi connectivity index (χ0v) is 10.8. The molecule has 3 aromatic rings. The van der Waals surface area contributed by atoms with Crippen molar-refractivity contribution in [1.29, 1.82) is 0 Å². The van der Waals surface area contributed by atoms with Gasteiger partial charge < -0.3 is 9.32 Å². The number of hydrogen-bond donors (Lipinski definition) is 0. The van der Waals surface area contributed by atoms with E-state index in [2.05, 4.69) is 27.9 Å².